The summed E-state index contributed by atoms with van der Waals surface area (Å²) in [6.45, 7) is 6.93. The Kier molecular flexibility index (Phi) is 7.66. The van der Waals surface area contributed by atoms with Gasteiger partial charge in [-0.3, -0.25) is 0 Å². The van der Waals surface area contributed by atoms with Gasteiger partial charge in [0.15, 0.2) is 0 Å². The van der Waals surface area contributed by atoms with Gasteiger partial charge in [-0.1, -0.05) is 86.5 Å². The molecule has 0 bridgehead atoms. The van der Waals surface area contributed by atoms with Gasteiger partial charge in [-0.15, -0.1) is 0 Å². The zero-order chi connectivity index (χ0) is 20.6. The van der Waals surface area contributed by atoms with E-state index >= 15 is 0 Å². The number of aliphatic hydroxyl groups excluding tert-OH is 1. The molecule has 0 fully saturated rings. The monoisotopic (exact) mass is 386 g/mol. The van der Waals surface area contributed by atoms with E-state index in [2.05, 4.69) is 81.4 Å². The molecule has 0 radical (unpaired) electrons. The van der Waals surface area contributed by atoms with Crippen LogP contribution in [0.3, 0.4) is 0 Å². The summed E-state index contributed by atoms with van der Waals surface area (Å²) in [4.78, 5) is 0. The molecule has 1 heteroatoms. The van der Waals surface area contributed by atoms with Crippen molar-refractivity contribution < 1.29 is 5.11 Å². The van der Waals surface area contributed by atoms with Crippen LogP contribution in [0.1, 0.15) is 55.4 Å². The van der Waals surface area contributed by atoms with Crippen molar-refractivity contribution >= 4 is 0 Å². The molecule has 0 heterocycles. The molecule has 0 aliphatic carbocycles. The highest BCUT2D eigenvalue weighted by Crippen LogP contribution is 2.32. The molecule has 0 saturated carbocycles. The van der Waals surface area contributed by atoms with Crippen LogP contribution in [-0.4, -0.2) is 11.7 Å². The number of hydrogen-bond acceptors (Lipinski definition) is 1. The molecule has 0 spiro atoms. The topological polar surface area (TPSA) is 20.2 Å². The van der Waals surface area contributed by atoms with E-state index in [0.717, 1.165) is 38.5 Å². The second-order valence-corrected chi connectivity index (χ2v) is 7.97. The summed E-state index contributed by atoms with van der Waals surface area (Å²) >= 11 is 0. The summed E-state index contributed by atoms with van der Waals surface area (Å²) in [5, 5.41) is 8.96. The molecule has 0 unspecified atom stereocenters. The van der Waals surface area contributed by atoms with Gasteiger partial charge in [0.2, 0.25) is 0 Å². The van der Waals surface area contributed by atoms with Crippen molar-refractivity contribution in [3.63, 3.8) is 0 Å². The standard InChI is InChI=1S/C28H34O/c1-4-23-19-22(9-7-6-8-18-29)12-16-28(23)26-15-17-27(24(5-2)20-26)25-13-10-21(3)11-14-25/h10-17,19-20,29H,4-9,18H2,1-3H3. The minimum absolute atomic E-state index is 0.303. The predicted molar refractivity (Wildman–Crippen MR) is 125 cm³/mol. The summed E-state index contributed by atoms with van der Waals surface area (Å²) < 4.78 is 0. The molecule has 3 aromatic carbocycles. The Hall–Kier alpha value is -2.38. The van der Waals surface area contributed by atoms with Crippen LogP contribution >= 0.6 is 0 Å². The highest BCUT2D eigenvalue weighted by Gasteiger charge is 2.10. The molecule has 1 N–H and O–H groups in total. The second-order valence-electron chi connectivity index (χ2n) is 7.97. The molecule has 0 aliphatic heterocycles. The van der Waals surface area contributed by atoms with E-state index in [-0.39, 0.29) is 0 Å². The van der Waals surface area contributed by atoms with Crippen molar-refractivity contribution in [1.82, 2.24) is 0 Å². The molecule has 3 rings (SSSR count). The molecule has 0 atom stereocenters. The van der Waals surface area contributed by atoms with Crippen LogP contribution in [0.25, 0.3) is 22.3 Å². The second kappa shape index (κ2) is 10.4. The van der Waals surface area contributed by atoms with Gasteiger partial charge in [-0.2, -0.15) is 0 Å². The van der Waals surface area contributed by atoms with E-state index in [1.807, 2.05) is 0 Å². The molecule has 0 amide bonds. The normalized spacial score (nSPS) is 11.0. The quantitative estimate of drug-likeness (QED) is 0.387. The number of aliphatic hydroxyl groups is 1. The zero-order valence-corrected chi connectivity index (χ0v) is 18.2. The van der Waals surface area contributed by atoms with Crippen LogP contribution in [0, 0.1) is 6.92 Å². The number of unbranched alkanes of at least 4 members (excludes halogenated alkanes) is 2. The summed E-state index contributed by atoms with van der Waals surface area (Å²) in [6.07, 6.45) is 6.32. The highest BCUT2D eigenvalue weighted by atomic mass is 16.2. The summed E-state index contributed by atoms with van der Waals surface area (Å²) in [5.74, 6) is 0. The summed E-state index contributed by atoms with van der Waals surface area (Å²) in [5.41, 5.74) is 10.9. The predicted octanol–water partition coefficient (Wildman–Crippen LogP) is 7.16. The van der Waals surface area contributed by atoms with Crippen LogP contribution in [0.15, 0.2) is 60.7 Å². The number of hydrogen-bond donors (Lipinski definition) is 1. The third kappa shape index (κ3) is 5.36. The van der Waals surface area contributed by atoms with Gasteiger partial charge < -0.3 is 5.11 Å². The van der Waals surface area contributed by atoms with E-state index in [9.17, 15) is 0 Å². The van der Waals surface area contributed by atoms with E-state index in [0.29, 0.717) is 6.61 Å². The third-order valence-corrected chi connectivity index (χ3v) is 5.83. The van der Waals surface area contributed by atoms with E-state index in [4.69, 9.17) is 5.11 Å². The van der Waals surface area contributed by atoms with Gasteiger partial charge in [0.05, 0.1) is 0 Å². The SMILES string of the molecule is CCc1cc(CCCCCO)ccc1-c1ccc(-c2ccc(C)cc2)c(CC)c1. The average Bonchev–Trinajstić information content (AvgIpc) is 2.76. The lowest BCUT2D eigenvalue weighted by molar-refractivity contribution is 0.283. The zero-order valence-electron chi connectivity index (χ0n) is 18.2. The molecular formula is C28H34O. The Morgan fingerprint density at radius 2 is 1.28 bits per heavy atom. The van der Waals surface area contributed by atoms with Crippen LogP contribution in [0.5, 0.6) is 0 Å². The van der Waals surface area contributed by atoms with Gasteiger partial charge in [0.25, 0.3) is 0 Å². The van der Waals surface area contributed by atoms with Crippen LogP contribution in [-0.2, 0) is 19.3 Å². The van der Waals surface area contributed by atoms with Crippen molar-refractivity contribution in [2.24, 2.45) is 0 Å². The fraction of sp³-hybridized carbons (Fsp3) is 0.357. The lowest BCUT2D eigenvalue weighted by Gasteiger charge is -2.15. The maximum atomic E-state index is 8.96. The minimum Gasteiger partial charge on any atom is -0.396 e. The molecule has 152 valence electrons. The van der Waals surface area contributed by atoms with Crippen LogP contribution in [0.4, 0.5) is 0 Å². The first-order valence-corrected chi connectivity index (χ1v) is 11.1. The van der Waals surface area contributed by atoms with Gasteiger partial charge in [-0.05, 0) is 78.0 Å². The van der Waals surface area contributed by atoms with Crippen molar-refractivity contribution in [1.29, 1.82) is 0 Å². The summed E-state index contributed by atoms with van der Waals surface area (Å²) in [7, 11) is 0. The van der Waals surface area contributed by atoms with Crippen LogP contribution in [0.2, 0.25) is 0 Å². The fourth-order valence-electron chi connectivity index (χ4n) is 4.06. The smallest absolute Gasteiger partial charge is 0.0431 e. The van der Waals surface area contributed by atoms with E-state index < -0.39 is 0 Å². The average molecular weight is 387 g/mol. The van der Waals surface area contributed by atoms with Gasteiger partial charge >= 0.3 is 0 Å². The maximum absolute atomic E-state index is 8.96. The molecule has 29 heavy (non-hydrogen) atoms. The van der Waals surface area contributed by atoms with Crippen molar-refractivity contribution in [2.75, 3.05) is 6.61 Å². The Balaban J connectivity index is 1.88. The van der Waals surface area contributed by atoms with Crippen molar-refractivity contribution in [3.8, 4) is 22.3 Å². The van der Waals surface area contributed by atoms with Gasteiger partial charge in [0.1, 0.15) is 0 Å². The first-order chi connectivity index (χ1) is 14.2. The Morgan fingerprint density at radius 1 is 0.655 bits per heavy atom. The highest BCUT2D eigenvalue weighted by molar-refractivity contribution is 5.75. The number of aryl methyl sites for hydroxylation is 4. The molecular weight excluding hydrogens is 352 g/mol. The lowest BCUT2D eigenvalue weighted by Crippen LogP contribution is -1.95. The number of benzene rings is 3. The first-order valence-electron chi connectivity index (χ1n) is 11.1. The molecule has 1 nitrogen and oxygen atoms in total. The summed E-state index contributed by atoms with van der Waals surface area (Å²) in [6, 6.07) is 22.8. The van der Waals surface area contributed by atoms with E-state index in [1.165, 1.54) is 44.5 Å². The molecule has 0 aliphatic rings. The molecule has 0 aromatic heterocycles. The molecule has 3 aromatic rings. The Bertz CT molecular complexity index is 922. The Morgan fingerprint density at radius 3 is 1.97 bits per heavy atom. The van der Waals surface area contributed by atoms with Crippen molar-refractivity contribution in [3.05, 3.63) is 82.9 Å². The Labute approximate surface area is 176 Å². The third-order valence-electron chi connectivity index (χ3n) is 5.83. The van der Waals surface area contributed by atoms with Gasteiger partial charge in [-0.25, -0.2) is 0 Å². The maximum Gasteiger partial charge on any atom is 0.0431 e. The van der Waals surface area contributed by atoms with Crippen molar-refractivity contribution in [2.45, 2.75) is 59.3 Å². The van der Waals surface area contributed by atoms with E-state index in [1.54, 1.807) is 0 Å². The fourth-order valence-corrected chi connectivity index (χ4v) is 4.06. The minimum atomic E-state index is 0.303. The molecule has 0 saturated heterocycles. The first kappa shape index (κ1) is 21.3. The lowest BCUT2D eigenvalue weighted by atomic mass is 9.90. The largest absolute Gasteiger partial charge is 0.396 e. The number of rotatable bonds is 9. The van der Waals surface area contributed by atoms with Gasteiger partial charge in [0, 0.05) is 6.61 Å². The van der Waals surface area contributed by atoms with Crippen LogP contribution < -0.4 is 0 Å².